The molecule has 7 heteroatoms. The molecule has 0 unspecified atom stereocenters. The number of rotatable bonds is 7. The molecule has 0 saturated carbocycles. The third-order valence-corrected chi connectivity index (χ3v) is 3.76. The van der Waals surface area contributed by atoms with E-state index in [-0.39, 0.29) is 10.7 Å². The lowest BCUT2D eigenvalue weighted by atomic mass is 10.3. The molecule has 1 heterocycles. The van der Waals surface area contributed by atoms with Crippen molar-refractivity contribution in [3.8, 4) is 0 Å². The maximum Gasteiger partial charge on any atom is 0.244 e. The number of pyridine rings is 1. The summed E-state index contributed by atoms with van der Waals surface area (Å²) in [6, 6.07) is 3.02. The average Bonchev–Trinajstić information content (AvgIpc) is 2.34. The summed E-state index contributed by atoms with van der Waals surface area (Å²) in [7, 11) is -3.54. The summed E-state index contributed by atoms with van der Waals surface area (Å²) in [5.74, 6) is 5.37. The molecule has 0 aliphatic heterocycles. The summed E-state index contributed by atoms with van der Waals surface area (Å²) in [5, 5.41) is 0. The van der Waals surface area contributed by atoms with Gasteiger partial charge in [-0.3, -0.25) is 0 Å². The van der Waals surface area contributed by atoms with Crippen LogP contribution in [0.15, 0.2) is 23.2 Å². The van der Waals surface area contributed by atoms with Crippen LogP contribution < -0.4 is 16.0 Å². The fraction of sp³-hybridized carbons (Fsp3) is 0.500. The van der Waals surface area contributed by atoms with E-state index < -0.39 is 10.0 Å². The first kappa shape index (κ1) is 13.9. The highest BCUT2D eigenvalue weighted by Gasteiger charge is 2.17. The molecule has 0 aliphatic rings. The molecular formula is C10H18N4O2S. The monoisotopic (exact) mass is 258 g/mol. The van der Waals surface area contributed by atoms with Crippen LogP contribution in [-0.2, 0) is 10.0 Å². The van der Waals surface area contributed by atoms with Gasteiger partial charge in [0.05, 0.1) is 0 Å². The van der Waals surface area contributed by atoms with Gasteiger partial charge in [-0.15, -0.1) is 0 Å². The summed E-state index contributed by atoms with van der Waals surface area (Å²) >= 11 is 0. The van der Waals surface area contributed by atoms with E-state index in [2.05, 4.69) is 22.1 Å². The number of unbranched alkanes of at least 4 members (excludes halogenated alkanes) is 2. The maximum absolute atomic E-state index is 11.9. The molecule has 0 fully saturated rings. The molecule has 1 rings (SSSR count). The number of aromatic nitrogens is 1. The van der Waals surface area contributed by atoms with Crippen LogP contribution in [0.1, 0.15) is 26.2 Å². The van der Waals surface area contributed by atoms with Crippen molar-refractivity contribution in [3.05, 3.63) is 18.3 Å². The fourth-order valence-electron chi connectivity index (χ4n) is 1.38. The molecule has 4 N–H and O–H groups in total. The highest BCUT2D eigenvalue weighted by molar-refractivity contribution is 7.89. The van der Waals surface area contributed by atoms with E-state index in [9.17, 15) is 8.42 Å². The van der Waals surface area contributed by atoms with Crippen LogP contribution in [0.2, 0.25) is 0 Å². The van der Waals surface area contributed by atoms with Crippen molar-refractivity contribution in [1.82, 2.24) is 9.71 Å². The normalized spacial score (nSPS) is 11.4. The Morgan fingerprint density at radius 1 is 1.41 bits per heavy atom. The standard InChI is InChI=1S/C10H18N4O2S/c1-2-3-4-8-13-17(15,16)9-6-5-7-12-10(9)14-11/h5-7,13H,2-4,8,11H2,1H3,(H,12,14). The summed E-state index contributed by atoms with van der Waals surface area (Å²) < 4.78 is 26.4. The van der Waals surface area contributed by atoms with E-state index in [4.69, 9.17) is 5.84 Å². The Bertz CT molecular complexity index is 447. The zero-order valence-electron chi connectivity index (χ0n) is 9.81. The number of hydrogen-bond acceptors (Lipinski definition) is 5. The number of sulfonamides is 1. The van der Waals surface area contributed by atoms with Gasteiger partial charge >= 0.3 is 0 Å². The molecule has 0 aromatic carbocycles. The van der Waals surface area contributed by atoms with Gasteiger partial charge in [-0.2, -0.15) is 0 Å². The smallest absolute Gasteiger partial charge is 0.244 e. The number of hydrogen-bond donors (Lipinski definition) is 3. The van der Waals surface area contributed by atoms with E-state index in [0.29, 0.717) is 6.54 Å². The maximum atomic E-state index is 11.9. The minimum absolute atomic E-state index is 0.0685. The van der Waals surface area contributed by atoms with Crippen molar-refractivity contribution >= 4 is 15.8 Å². The van der Waals surface area contributed by atoms with Crippen LogP contribution in [0.3, 0.4) is 0 Å². The molecule has 1 aromatic heterocycles. The van der Waals surface area contributed by atoms with Crippen molar-refractivity contribution in [2.75, 3.05) is 12.0 Å². The number of hydrazine groups is 1. The summed E-state index contributed by atoms with van der Waals surface area (Å²) in [4.78, 5) is 3.92. The Balaban J connectivity index is 2.75. The number of anilines is 1. The lowest BCUT2D eigenvalue weighted by molar-refractivity contribution is 0.576. The number of nitrogen functional groups attached to an aromatic ring is 1. The molecule has 96 valence electrons. The lowest BCUT2D eigenvalue weighted by Crippen LogP contribution is -2.26. The Kier molecular flexibility index (Phi) is 5.33. The van der Waals surface area contributed by atoms with Gasteiger partial charge < -0.3 is 5.43 Å². The minimum atomic E-state index is -3.54. The second-order valence-electron chi connectivity index (χ2n) is 3.60. The average molecular weight is 258 g/mol. The summed E-state index contributed by atoms with van der Waals surface area (Å²) in [6.45, 7) is 2.49. The van der Waals surface area contributed by atoms with Crippen LogP contribution in [0.5, 0.6) is 0 Å². The molecule has 0 saturated heterocycles. The molecule has 1 aromatic rings. The Morgan fingerprint density at radius 3 is 2.82 bits per heavy atom. The first-order valence-corrected chi connectivity index (χ1v) is 7.01. The van der Waals surface area contributed by atoms with Crippen molar-refractivity contribution in [2.24, 2.45) is 5.84 Å². The van der Waals surface area contributed by atoms with Gasteiger partial charge in [0.2, 0.25) is 10.0 Å². The van der Waals surface area contributed by atoms with Crippen LogP contribution in [-0.4, -0.2) is 19.9 Å². The van der Waals surface area contributed by atoms with Crippen LogP contribution >= 0.6 is 0 Å². The molecule has 0 radical (unpaired) electrons. The van der Waals surface area contributed by atoms with Gasteiger partial charge in [0.1, 0.15) is 4.90 Å². The van der Waals surface area contributed by atoms with Crippen molar-refractivity contribution in [2.45, 2.75) is 31.1 Å². The third-order valence-electron chi connectivity index (χ3n) is 2.27. The van der Waals surface area contributed by atoms with E-state index >= 15 is 0 Å². The van der Waals surface area contributed by atoms with Gasteiger partial charge in [0.25, 0.3) is 0 Å². The highest BCUT2D eigenvalue weighted by atomic mass is 32.2. The van der Waals surface area contributed by atoms with Crippen LogP contribution in [0, 0.1) is 0 Å². The molecular weight excluding hydrogens is 240 g/mol. The second-order valence-corrected chi connectivity index (χ2v) is 5.33. The first-order chi connectivity index (χ1) is 8.11. The van der Waals surface area contributed by atoms with E-state index in [0.717, 1.165) is 19.3 Å². The number of nitrogens with zero attached hydrogens (tertiary/aromatic N) is 1. The largest absolute Gasteiger partial charge is 0.307 e. The van der Waals surface area contributed by atoms with Gasteiger partial charge in [-0.1, -0.05) is 19.8 Å². The predicted octanol–water partition coefficient (Wildman–Crippen LogP) is 0.836. The fourth-order valence-corrected chi connectivity index (χ4v) is 2.57. The van der Waals surface area contributed by atoms with Crippen molar-refractivity contribution < 1.29 is 8.42 Å². The minimum Gasteiger partial charge on any atom is -0.307 e. The van der Waals surface area contributed by atoms with Gasteiger partial charge in [0, 0.05) is 12.7 Å². The molecule has 0 atom stereocenters. The zero-order chi connectivity index (χ0) is 12.7. The molecule has 0 aliphatic carbocycles. The quantitative estimate of drug-likeness (QED) is 0.382. The van der Waals surface area contributed by atoms with E-state index in [1.54, 1.807) is 6.07 Å². The highest BCUT2D eigenvalue weighted by Crippen LogP contribution is 2.16. The first-order valence-electron chi connectivity index (χ1n) is 5.53. The van der Waals surface area contributed by atoms with Gasteiger partial charge in [-0.05, 0) is 18.6 Å². The topological polar surface area (TPSA) is 97.1 Å². The SMILES string of the molecule is CCCCCNS(=O)(=O)c1cccnc1NN. The molecule has 6 nitrogen and oxygen atoms in total. The molecule has 0 spiro atoms. The number of nitrogens with two attached hydrogens (primary N) is 1. The van der Waals surface area contributed by atoms with E-state index in [1.807, 2.05) is 0 Å². The third kappa shape index (κ3) is 3.95. The summed E-state index contributed by atoms with van der Waals surface area (Å²) in [6.07, 6.45) is 4.34. The Labute approximate surface area is 102 Å². The molecule has 17 heavy (non-hydrogen) atoms. The van der Waals surface area contributed by atoms with Gasteiger partial charge in [-0.25, -0.2) is 24.0 Å². The molecule has 0 bridgehead atoms. The van der Waals surface area contributed by atoms with Crippen molar-refractivity contribution in [3.63, 3.8) is 0 Å². The van der Waals surface area contributed by atoms with Gasteiger partial charge in [0.15, 0.2) is 5.82 Å². The second kappa shape index (κ2) is 6.53. The number of nitrogens with one attached hydrogen (secondary N) is 2. The zero-order valence-corrected chi connectivity index (χ0v) is 10.6. The predicted molar refractivity (Wildman–Crippen MR) is 66.8 cm³/mol. The van der Waals surface area contributed by atoms with Crippen molar-refractivity contribution in [1.29, 1.82) is 0 Å². The van der Waals surface area contributed by atoms with Crippen LogP contribution in [0.4, 0.5) is 5.82 Å². The van der Waals surface area contributed by atoms with Crippen LogP contribution in [0.25, 0.3) is 0 Å². The van der Waals surface area contributed by atoms with E-state index in [1.165, 1.54) is 12.3 Å². The Hall–Kier alpha value is -1.18. The Morgan fingerprint density at radius 2 is 2.18 bits per heavy atom. The molecule has 0 amide bonds. The summed E-state index contributed by atoms with van der Waals surface area (Å²) in [5.41, 5.74) is 2.27. The lowest BCUT2D eigenvalue weighted by Gasteiger charge is -2.09.